The number of carbonyl (C=O) groups excluding carboxylic acids is 2. The van der Waals surface area contributed by atoms with Crippen molar-refractivity contribution in [1.82, 2.24) is 5.32 Å². The van der Waals surface area contributed by atoms with Gasteiger partial charge in [-0.25, -0.2) is 0 Å². The van der Waals surface area contributed by atoms with Crippen LogP contribution in [0.5, 0.6) is 5.75 Å². The maximum absolute atomic E-state index is 12.2. The highest BCUT2D eigenvalue weighted by Gasteiger charge is 2.21. The SMILES string of the molecule is CC(C)(C)C(=O)Nc1cccc(C(=O)NCCOc2ccccc2)c1. The molecule has 0 spiro atoms. The lowest BCUT2D eigenvalue weighted by molar-refractivity contribution is -0.123. The molecule has 0 fully saturated rings. The Morgan fingerprint density at radius 3 is 2.40 bits per heavy atom. The quantitative estimate of drug-likeness (QED) is 0.791. The molecule has 0 aromatic heterocycles. The molecular weight excluding hydrogens is 316 g/mol. The molecule has 132 valence electrons. The van der Waals surface area contributed by atoms with E-state index in [1.165, 1.54) is 0 Å². The van der Waals surface area contributed by atoms with Crippen molar-refractivity contribution < 1.29 is 14.3 Å². The fourth-order valence-corrected chi connectivity index (χ4v) is 2.01. The number of para-hydroxylation sites is 1. The van der Waals surface area contributed by atoms with Crippen LogP contribution in [0.4, 0.5) is 5.69 Å². The molecule has 0 heterocycles. The standard InChI is InChI=1S/C20H24N2O3/c1-20(2,3)19(24)22-16-9-7-8-15(14-16)18(23)21-12-13-25-17-10-5-4-6-11-17/h4-11,14H,12-13H2,1-3H3,(H,21,23)(H,22,24). The van der Waals surface area contributed by atoms with Crippen LogP contribution in [-0.4, -0.2) is 25.0 Å². The summed E-state index contributed by atoms with van der Waals surface area (Å²) in [6.07, 6.45) is 0. The Morgan fingerprint density at radius 1 is 1.00 bits per heavy atom. The lowest BCUT2D eigenvalue weighted by atomic mass is 9.95. The van der Waals surface area contributed by atoms with E-state index >= 15 is 0 Å². The van der Waals surface area contributed by atoms with Crippen molar-refractivity contribution in [2.24, 2.45) is 5.41 Å². The van der Waals surface area contributed by atoms with Crippen molar-refractivity contribution in [3.63, 3.8) is 0 Å². The first kappa shape index (κ1) is 18.5. The number of amides is 2. The van der Waals surface area contributed by atoms with Gasteiger partial charge in [-0.15, -0.1) is 0 Å². The Labute approximate surface area is 148 Å². The molecule has 2 rings (SSSR count). The predicted molar refractivity (Wildman–Crippen MR) is 98.8 cm³/mol. The van der Waals surface area contributed by atoms with Crippen molar-refractivity contribution in [3.05, 3.63) is 60.2 Å². The molecule has 0 saturated heterocycles. The normalized spacial score (nSPS) is 10.8. The van der Waals surface area contributed by atoms with Crippen LogP contribution in [0.2, 0.25) is 0 Å². The van der Waals surface area contributed by atoms with E-state index < -0.39 is 5.41 Å². The second-order valence-electron chi connectivity index (χ2n) is 6.70. The van der Waals surface area contributed by atoms with E-state index in [0.29, 0.717) is 24.4 Å². The number of nitrogens with one attached hydrogen (secondary N) is 2. The summed E-state index contributed by atoms with van der Waals surface area (Å²) in [7, 11) is 0. The Balaban J connectivity index is 1.85. The Morgan fingerprint density at radius 2 is 1.72 bits per heavy atom. The third-order valence-electron chi connectivity index (χ3n) is 3.46. The van der Waals surface area contributed by atoms with Crippen LogP contribution in [0.3, 0.4) is 0 Å². The van der Waals surface area contributed by atoms with Gasteiger partial charge in [0.15, 0.2) is 0 Å². The summed E-state index contributed by atoms with van der Waals surface area (Å²) in [5, 5.41) is 5.63. The van der Waals surface area contributed by atoms with E-state index in [0.717, 1.165) is 5.75 Å². The molecule has 5 heteroatoms. The van der Waals surface area contributed by atoms with Crippen LogP contribution in [0.15, 0.2) is 54.6 Å². The van der Waals surface area contributed by atoms with Crippen LogP contribution in [-0.2, 0) is 4.79 Å². The van der Waals surface area contributed by atoms with Crippen LogP contribution in [0, 0.1) is 5.41 Å². The number of carbonyl (C=O) groups is 2. The lowest BCUT2D eigenvalue weighted by Crippen LogP contribution is -2.29. The maximum atomic E-state index is 12.2. The van der Waals surface area contributed by atoms with Gasteiger partial charge in [0.25, 0.3) is 5.91 Å². The molecule has 0 saturated carbocycles. The van der Waals surface area contributed by atoms with Crippen molar-refractivity contribution in [3.8, 4) is 5.75 Å². The van der Waals surface area contributed by atoms with Crippen molar-refractivity contribution >= 4 is 17.5 Å². The Bertz CT molecular complexity index is 721. The van der Waals surface area contributed by atoms with E-state index in [-0.39, 0.29) is 11.8 Å². The molecule has 25 heavy (non-hydrogen) atoms. The minimum absolute atomic E-state index is 0.0960. The van der Waals surface area contributed by atoms with Gasteiger partial charge in [0.2, 0.25) is 5.91 Å². The van der Waals surface area contributed by atoms with Gasteiger partial charge in [-0.3, -0.25) is 9.59 Å². The predicted octanol–water partition coefficient (Wildman–Crippen LogP) is 3.48. The Kier molecular flexibility index (Phi) is 6.17. The highest BCUT2D eigenvalue weighted by Crippen LogP contribution is 2.18. The summed E-state index contributed by atoms with van der Waals surface area (Å²) >= 11 is 0. The molecule has 2 N–H and O–H groups in total. The van der Waals surface area contributed by atoms with Gasteiger partial charge in [0, 0.05) is 16.7 Å². The molecular formula is C20H24N2O3. The van der Waals surface area contributed by atoms with Gasteiger partial charge < -0.3 is 15.4 Å². The summed E-state index contributed by atoms with van der Waals surface area (Å²) in [5.41, 5.74) is 0.604. The van der Waals surface area contributed by atoms with Gasteiger partial charge in [0.1, 0.15) is 12.4 Å². The van der Waals surface area contributed by atoms with Crippen LogP contribution >= 0.6 is 0 Å². The number of benzene rings is 2. The van der Waals surface area contributed by atoms with Crippen LogP contribution in [0.1, 0.15) is 31.1 Å². The van der Waals surface area contributed by atoms with E-state index in [2.05, 4.69) is 10.6 Å². The van der Waals surface area contributed by atoms with Crippen molar-refractivity contribution in [1.29, 1.82) is 0 Å². The molecule has 2 amide bonds. The van der Waals surface area contributed by atoms with E-state index in [1.54, 1.807) is 24.3 Å². The number of rotatable bonds is 6. The molecule has 0 radical (unpaired) electrons. The number of anilines is 1. The zero-order valence-electron chi connectivity index (χ0n) is 14.8. The van der Waals surface area contributed by atoms with Crippen LogP contribution < -0.4 is 15.4 Å². The first-order chi connectivity index (χ1) is 11.9. The monoisotopic (exact) mass is 340 g/mol. The zero-order chi connectivity index (χ0) is 18.3. The number of hydrogen-bond donors (Lipinski definition) is 2. The molecule has 0 aliphatic rings. The first-order valence-electron chi connectivity index (χ1n) is 8.24. The van der Waals surface area contributed by atoms with Crippen LogP contribution in [0.25, 0.3) is 0 Å². The average molecular weight is 340 g/mol. The topological polar surface area (TPSA) is 67.4 Å². The fourth-order valence-electron chi connectivity index (χ4n) is 2.01. The van der Waals surface area contributed by atoms with Crippen molar-refractivity contribution in [2.45, 2.75) is 20.8 Å². The van der Waals surface area contributed by atoms with Gasteiger partial charge in [0.05, 0.1) is 6.54 Å². The molecule has 0 aliphatic carbocycles. The van der Waals surface area contributed by atoms with E-state index in [9.17, 15) is 9.59 Å². The summed E-state index contributed by atoms with van der Waals surface area (Å²) in [5.74, 6) is 0.466. The molecule has 0 unspecified atom stereocenters. The first-order valence-corrected chi connectivity index (χ1v) is 8.24. The van der Waals surface area contributed by atoms with Gasteiger partial charge in [-0.1, -0.05) is 45.0 Å². The Hall–Kier alpha value is -2.82. The summed E-state index contributed by atoms with van der Waals surface area (Å²) in [6.45, 7) is 6.30. The molecule has 0 atom stereocenters. The summed E-state index contributed by atoms with van der Waals surface area (Å²) in [6, 6.07) is 16.3. The van der Waals surface area contributed by atoms with Gasteiger partial charge in [-0.2, -0.15) is 0 Å². The fraction of sp³-hybridized carbons (Fsp3) is 0.300. The molecule has 5 nitrogen and oxygen atoms in total. The molecule has 0 bridgehead atoms. The van der Waals surface area contributed by atoms with E-state index in [1.807, 2.05) is 51.1 Å². The van der Waals surface area contributed by atoms with Gasteiger partial charge in [-0.05, 0) is 30.3 Å². The largest absolute Gasteiger partial charge is 0.492 e. The third-order valence-corrected chi connectivity index (χ3v) is 3.46. The smallest absolute Gasteiger partial charge is 0.251 e. The minimum atomic E-state index is -0.493. The second kappa shape index (κ2) is 8.33. The summed E-state index contributed by atoms with van der Waals surface area (Å²) in [4.78, 5) is 24.2. The average Bonchev–Trinajstić information content (AvgIpc) is 2.59. The lowest BCUT2D eigenvalue weighted by Gasteiger charge is -2.18. The maximum Gasteiger partial charge on any atom is 0.251 e. The van der Waals surface area contributed by atoms with Crippen molar-refractivity contribution in [2.75, 3.05) is 18.5 Å². The molecule has 0 aliphatic heterocycles. The summed E-state index contributed by atoms with van der Waals surface area (Å²) < 4.78 is 5.53. The molecule has 2 aromatic rings. The third kappa shape index (κ3) is 5.95. The van der Waals surface area contributed by atoms with E-state index in [4.69, 9.17) is 4.74 Å². The number of ether oxygens (including phenoxy) is 1. The highest BCUT2D eigenvalue weighted by molar-refractivity contribution is 5.98. The minimum Gasteiger partial charge on any atom is -0.492 e. The zero-order valence-corrected chi connectivity index (χ0v) is 14.8. The number of hydrogen-bond acceptors (Lipinski definition) is 3. The highest BCUT2D eigenvalue weighted by atomic mass is 16.5. The second-order valence-corrected chi connectivity index (χ2v) is 6.70. The van der Waals surface area contributed by atoms with Gasteiger partial charge >= 0.3 is 0 Å². The molecule has 2 aromatic carbocycles.